The Balaban J connectivity index is 2.14. The van der Waals surface area contributed by atoms with Crippen LogP contribution >= 0.6 is 11.8 Å². The van der Waals surface area contributed by atoms with Crippen LogP contribution in [0.3, 0.4) is 0 Å². The smallest absolute Gasteiger partial charge is 0.230 e. The largest absolute Gasteiger partial charge is 0.396 e. The molecule has 0 bridgehead atoms. The summed E-state index contributed by atoms with van der Waals surface area (Å²) in [6, 6.07) is 0. The fraction of sp³-hybridized carbons (Fsp3) is 0.909. The number of nitrogens with one attached hydrogen (secondary N) is 1. The topological polar surface area (TPSA) is 49.3 Å². The first-order valence-corrected chi connectivity index (χ1v) is 6.37. The van der Waals surface area contributed by atoms with Crippen molar-refractivity contribution in [2.45, 2.75) is 38.4 Å². The van der Waals surface area contributed by atoms with Crippen LogP contribution in [0.25, 0.3) is 0 Å². The Bertz CT molecular complexity index is 231. The van der Waals surface area contributed by atoms with Gasteiger partial charge in [-0.25, -0.2) is 0 Å². The van der Waals surface area contributed by atoms with Gasteiger partial charge in [0.1, 0.15) is 0 Å². The Morgan fingerprint density at radius 1 is 1.47 bits per heavy atom. The number of thioether (sulfide) groups is 1. The Morgan fingerprint density at radius 3 is 2.47 bits per heavy atom. The Kier molecular flexibility index (Phi) is 4.06. The summed E-state index contributed by atoms with van der Waals surface area (Å²) >= 11 is 1.65. The van der Waals surface area contributed by atoms with E-state index in [4.69, 9.17) is 5.11 Å². The van der Waals surface area contributed by atoms with Crippen LogP contribution in [-0.4, -0.2) is 34.7 Å². The first-order valence-electron chi connectivity index (χ1n) is 5.38. The number of amides is 1. The summed E-state index contributed by atoms with van der Waals surface area (Å²) in [5, 5.41) is 12.0. The molecular formula is C11H21NO2S. The standard InChI is InChI=1S/C11H21NO2S/c1-10(2,3)15-6-9(14)12-7-11(8-13)4-5-11/h13H,4-8H2,1-3H3,(H,12,14). The van der Waals surface area contributed by atoms with Crippen LogP contribution in [-0.2, 0) is 4.79 Å². The minimum atomic E-state index is 0.0159. The van der Waals surface area contributed by atoms with E-state index in [1.54, 1.807) is 11.8 Å². The van der Waals surface area contributed by atoms with Gasteiger partial charge in [-0.1, -0.05) is 20.8 Å². The fourth-order valence-electron chi connectivity index (χ4n) is 1.19. The molecule has 3 nitrogen and oxygen atoms in total. The molecule has 0 heterocycles. The van der Waals surface area contributed by atoms with Gasteiger partial charge in [-0.05, 0) is 12.8 Å². The Morgan fingerprint density at radius 2 is 2.07 bits per heavy atom. The zero-order valence-corrected chi connectivity index (χ0v) is 10.6. The molecule has 0 aromatic heterocycles. The molecule has 0 saturated heterocycles. The van der Waals surface area contributed by atoms with Crippen LogP contribution in [0.2, 0.25) is 0 Å². The lowest BCUT2D eigenvalue weighted by Gasteiger charge is -2.18. The molecule has 1 rings (SSSR count). The minimum absolute atomic E-state index is 0.0159. The SMILES string of the molecule is CC(C)(C)SCC(=O)NCC1(CO)CC1. The number of aliphatic hydroxyl groups excluding tert-OH is 1. The summed E-state index contributed by atoms with van der Waals surface area (Å²) in [6.45, 7) is 7.12. The zero-order valence-electron chi connectivity index (χ0n) is 9.80. The Hall–Kier alpha value is -0.220. The molecule has 15 heavy (non-hydrogen) atoms. The molecule has 1 fully saturated rings. The minimum Gasteiger partial charge on any atom is -0.396 e. The second kappa shape index (κ2) is 4.74. The van der Waals surface area contributed by atoms with Gasteiger partial charge in [-0.2, -0.15) is 0 Å². The Labute approximate surface area is 96.0 Å². The lowest BCUT2D eigenvalue weighted by molar-refractivity contribution is -0.118. The second-order valence-electron chi connectivity index (χ2n) is 5.34. The lowest BCUT2D eigenvalue weighted by atomic mass is 10.1. The molecule has 88 valence electrons. The molecule has 2 N–H and O–H groups in total. The van der Waals surface area contributed by atoms with Crippen molar-refractivity contribution in [3.8, 4) is 0 Å². The molecule has 0 atom stereocenters. The summed E-state index contributed by atoms with van der Waals surface area (Å²) in [5.41, 5.74) is 0.0159. The molecule has 4 heteroatoms. The van der Waals surface area contributed by atoms with Crippen molar-refractivity contribution in [1.82, 2.24) is 5.32 Å². The van der Waals surface area contributed by atoms with E-state index in [1.165, 1.54) is 0 Å². The van der Waals surface area contributed by atoms with E-state index in [0.717, 1.165) is 12.8 Å². The highest BCUT2D eigenvalue weighted by Gasteiger charge is 2.41. The average molecular weight is 231 g/mol. The van der Waals surface area contributed by atoms with E-state index in [0.29, 0.717) is 12.3 Å². The van der Waals surface area contributed by atoms with Crippen LogP contribution in [0.15, 0.2) is 0 Å². The number of carbonyl (C=O) groups is 1. The summed E-state index contributed by atoms with van der Waals surface area (Å²) in [5.74, 6) is 0.583. The third-order valence-corrected chi connectivity index (χ3v) is 3.86. The second-order valence-corrected chi connectivity index (χ2v) is 7.14. The van der Waals surface area contributed by atoms with Gasteiger partial charge < -0.3 is 10.4 Å². The molecule has 0 aromatic rings. The number of hydrogen-bond acceptors (Lipinski definition) is 3. The highest BCUT2D eigenvalue weighted by molar-refractivity contribution is 8.01. The molecule has 0 aliphatic heterocycles. The van der Waals surface area contributed by atoms with Gasteiger partial charge in [0.15, 0.2) is 0 Å². The summed E-state index contributed by atoms with van der Waals surface area (Å²) < 4.78 is 0.131. The summed E-state index contributed by atoms with van der Waals surface area (Å²) in [7, 11) is 0. The molecular weight excluding hydrogens is 210 g/mol. The number of aliphatic hydroxyl groups is 1. The third kappa shape index (κ3) is 4.89. The molecule has 1 saturated carbocycles. The zero-order chi connectivity index (χ0) is 11.5. The highest BCUT2D eigenvalue weighted by atomic mass is 32.2. The van der Waals surface area contributed by atoms with Crippen LogP contribution in [0.5, 0.6) is 0 Å². The highest BCUT2D eigenvalue weighted by Crippen LogP contribution is 2.44. The molecule has 1 amide bonds. The molecule has 0 unspecified atom stereocenters. The molecule has 1 aliphatic rings. The predicted octanol–water partition coefficient (Wildman–Crippen LogP) is 1.41. The van der Waals surface area contributed by atoms with Crippen molar-refractivity contribution in [3.05, 3.63) is 0 Å². The monoisotopic (exact) mass is 231 g/mol. The van der Waals surface area contributed by atoms with E-state index in [1.807, 2.05) is 0 Å². The molecule has 1 aliphatic carbocycles. The van der Waals surface area contributed by atoms with Crippen molar-refractivity contribution < 1.29 is 9.90 Å². The predicted molar refractivity (Wildman–Crippen MR) is 64.0 cm³/mol. The first-order chi connectivity index (χ1) is 6.87. The molecule has 0 spiro atoms. The van der Waals surface area contributed by atoms with Crippen molar-refractivity contribution in [3.63, 3.8) is 0 Å². The van der Waals surface area contributed by atoms with Gasteiger partial charge >= 0.3 is 0 Å². The van der Waals surface area contributed by atoms with Gasteiger partial charge in [0, 0.05) is 16.7 Å². The van der Waals surface area contributed by atoms with Crippen LogP contribution in [0.1, 0.15) is 33.6 Å². The van der Waals surface area contributed by atoms with Crippen molar-refractivity contribution in [2.24, 2.45) is 5.41 Å². The van der Waals surface area contributed by atoms with E-state index in [-0.39, 0.29) is 22.7 Å². The first kappa shape index (κ1) is 12.8. The maximum absolute atomic E-state index is 11.5. The van der Waals surface area contributed by atoms with Gasteiger partial charge in [0.05, 0.1) is 12.4 Å². The molecule has 0 radical (unpaired) electrons. The third-order valence-electron chi connectivity index (χ3n) is 2.59. The van der Waals surface area contributed by atoms with Gasteiger partial charge in [-0.3, -0.25) is 4.79 Å². The van der Waals surface area contributed by atoms with Crippen LogP contribution in [0.4, 0.5) is 0 Å². The molecule has 0 aromatic carbocycles. The maximum atomic E-state index is 11.5. The summed E-state index contributed by atoms with van der Waals surface area (Å²) in [4.78, 5) is 11.5. The number of rotatable bonds is 5. The van der Waals surface area contributed by atoms with Gasteiger partial charge in [-0.15, -0.1) is 11.8 Å². The quantitative estimate of drug-likeness (QED) is 0.752. The number of hydrogen-bond donors (Lipinski definition) is 2. The van der Waals surface area contributed by atoms with Gasteiger partial charge in [0.25, 0.3) is 0 Å². The number of carbonyl (C=O) groups excluding carboxylic acids is 1. The summed E-state index contributed by atoms with van der Waals surface area (Å²) in [6.07, 6.45) is 2.08. The van der Waals surface area contributed by atoms with Crippen molar-refractivity contribution in [1.29, 1.82) is 0 Å². The van der Waals surface area contributed by atoms with E-state index in [2.05, 4.69) is 26.1 Å². The van der Waals surface area contributed by atoms with E-state index >= 15 is 0 Å². The van der Waals surface area contributed by atoms with Crippen LogP contribution in [0, 0.1) is 5.41 Å². The van der Waals surface area contributed by atoms with E-state index < -0.39 is 0 Å². The van der Waals surface area contributed by atoms with Crippen molar-refractivity contribution >= 4 is 17.7 Å². The van der Waals surface area contributed by atoms with Gasteiger partial charge in [0.2, 0.25) is 5.91 Å². The average Bonchev–Trinajstić information content (AvgIpc) is 2.91. The normalized spacial score (nSPS) is 18.7. The maximum Gasteiger partial charge on any atom is 0.230 e. The van der Waals surface area contributed by atoms with Crippen LogP contribution < -0.4 is 5.32 Å². The fourth-order valence-corrected chi connectivity index (χ4v) is 1.85. The van der Waals surface area contributed by atoms with Crippen molar-refractivity contribution in [2.75, 3.05) is 18.9 Å². The lowest BCUT2D eigenvalue weighted by Crippen LogP contribution is -2.33. The van der Waals surface area contributed by atoms with E-state index in [9.17, 15) is 4.79 Å².